The number of hydrogen-bond acceptors (Lipinski definition) is 6. The normalized spacial score (nSPS) is 14.0. The molecule has 1 aliphatic heterocycles. The van der Waals surface area contributed by atoms with E-state index in [-0.39, 0.29) is 18.1 Å². The Balaban J connectivity index is 1.70. The molecule has 3 aromatic carbocycles. The van der Waals surface area contributed by atoms with E-state index in [1.807, 2.05) is 30.3 Å². The van der Waals surface area contributed by atoms with Crippen LogP contribution in [0.4, 0.5) is 0 Å². The Hall–Kier alpha value is -4.13. The number of hydrogen-bond donors (Lipinski definition) is 1. The summed E-state index contributed by atoms with van der Waals surface area (Å²) in [5.41, 5.74) is 4.34. The molecule has 0 atom stereocenters. The van der Waals surface area contributed by atoms with Crippen LogP contribution >= 0.6 is 0 Å². The quantitative estimate of drug-likeness (QED) is 0.295. The molecular weight excluding hydrogens is 408 g/mol. The number of oxime groups is 1. The predicted octanol–water partition coefficient (Wildman–Crippen LogP) is 4.41. The number of carbonyl (C=O) groups excluding carboxylic acids is 2. The highest BCUT2D eigenvalue weighted by Gasteiger charge is 2.26. The maximum absolute atomic E-state index is 13.1. The van der Waals surface area contributed by atoms with Crippen molar-refractivity contribution < 1.29 is 24.3 Å². The van der Waals surface area contributed by atoms with E-state index in [9.17, 15) is 14.7 Å². The lowest BCUT2D eigenvalue weighted by Crippen LogP contribution is -2.04. The number of ether oxygens (including phenoxy) is 1. The number of aryl methyl sites for hydroxylation is 1. The molecule has 2 heterocycles. The zero-order chi connectivity index (χ0) is 22.4. The van der Waals surface area contributed by atoms with Gasteiger partial charge in [-0.1, -0.05) is 5.16 Å². The third-order valence-electron chi connectivity index (χ3n) is 5.64. The molecule has 0 unspecified atom stereocenters. The SMILES string of the molecule is CCn1c2ccc(C(=O)c3ccc(O)cc3)cc2c2c3c(ccc21)/C(=N/OC(C)=O)CO3. The fourth-order valence-corrected chi connectivity index (χ4v) is 4.21. The Morgan fingerprint density at radius 1 is 1.06 bits per heavy atom. The van der Waals surface area contributed by atoms with Crippen LogP contribution in [0, 0.1) is 0 Å². The molecule has 1 aromatic heterocycles. The minimum absolute atomic E-state index is 0.113. The molecule has 0 spiro atoms. The van der Waals surface area contributed by atoms with Gasteiger partial charge < -0.3 is 19.2 Å². The van der Waals surface area contributed by atoms with Gasteiger partial charge in [-0.25, -0.2) is 4.79 Å². The van der Waals surface area contributed by atoms with Gasteiger partial charge in [-0.15, -0.1) is 0 Å². The summed E-state index contributed by atoms with van der Waals surface area (Å²) in [6, 6.07) is 15.8. The highest BCUT2D eigenvalue weighted by Crippen LogP contribution is 2.41. The van der Waals surface area contributed by atoms with Gasteiger partial charge in [-0.05, 0) is 61.5 Å². The zero-order valence-electron chi connectivity index (χ0n) is 17.6. The smallest absolute Gasteiger partial charge is 0.331 e. The van der Waals surface area contributed by atoms with E-state index in [1.165, 1.54) is 19.1 Å². The largest absolute Gasteiger partial charge is 0.508 e. The number of benzene rings is 3. The molecular formula is C25H20N2O5. The second-order valence-corrected chi connectivity index (χ2v) is 7.60. The van der Waals surface area contributed by atoms with E-state index < -0.39 is 5.97 Å². The number of phenolic OH excluding ortho intramolecular Hbond substituents is 1. The van der Waals surface area contributed by atoms with Crippen LogP contribution in [-0.4, -0.2) is 33.7 Å². The molecule has 0 fully saturated rings. The third kappa shape index (κ3) is 3.10. The topological polar surface area (TPSA) is 90.1 Å². The molecule has 7 nitrogen and oxygen atoms in total. The molecule has 7 heteroatoms. The number of nitrogens with zero attached hydrogens (tertiary/aromatic N) is 2. The number of aromatic nitrogens is 1. The van der Waals surface area contributed by atoms with E-state index in [0.717, 1.165) is 33.9 Å². The van der Waals surface area contributed by atoms with Crippen molar-refractivity contribution in [2.75, 3.05) is 6.61 Å². The predicted molar refractivity (Wildman–Crippen MR) is 120 cm³/mol. The van der Waals surface area contributed by atoms with Crippen molar-refractivity contribution in [3.8, 4) is 11.5 Å². The standard InChI is InChI=1S/C25H20N2O5/c1-3-27-21-10-6-16(24(30)15-4-7-17(29)8-5-15)12-19(21)23-22(27)11-9-18-20(13-31-25(18)23)26-32-14(2)28/h4-12,29H,3,13H2,1-2H3/b26-20+. The van der Waals surface area contributed by atoms with Crippen molar-refractivity contribution in [1.29, 1.82) is 0 Å². The van der Waals surface area contributed by atoms with Gasteiger partial charge in [0.2, 0.25) is 0 Å². The minimum Gasteiger partial charge on any atom is -0.508 e. The molecule has 4 aromatic rings. The maximum atomic E-state index is 13.1. The first kappa shape index (κ1) is 19.8. The fraction of sp³-hybridized carbons (Fsp3) is 0.160. The average molecular weight is 428 g/mol. The Bertz CT molecular complexity index is 1430. The van der Waals surface area contributed by atoms with Gasteiger partial charge in [0.25, 0.3) is 0 Å². The van der Waals surface area contributed by atoms with Gasteiger partial charge in [-0.3, -0.25) is 4.79 Å². The van der Waals surface area contributed by atoms with E-state index in [2.05, 4.69) is 16.6 Å². The van der Waals surface area contributed by atoms with Crippen LogP contribution in [-0.2, 0) is 16.2 Å². The second-order valence-electron chi connectivity index (χ2n) is 7.60. The molecule has 5 rings (SSSR count). The van der Waals surface area contributed by atoms with Crippen LogP contribution < -0.4 is 4.74 Å². The first-order valence-corrected chi connectivity index (χ1v) is 10.3. The van der Waals surface area contributed by atoms with Crippen LogP contribution in [0.1, 0.15) is 35.3 Å². The lowest BCUT2D eigenvalue weighted by atomic mass is 10.00. The summed E-state index contributed by atoms with van der Waals surface area (Å²) >= 11 is 0. The van der Waals surface area contributed by atoms with Gasteiger partial charge in [0.1, 0.15) is 23.8 Å². The molecule has 160 valence electrons. The van der Waals surface area contributed by atoms with Crippen LogP contribution in [0.5, 0.6) is 11.5 Å². The zero-order valence-corrected chi connectivity index (χ0v) is 17.6. The molecule has 1 aliphatic rings. The Morgan fingerprint density at radius 2 is 1.78 bits per heavy atom. The van der Waals surface area contributed by atoms with Crippen molar-refractivity contribution in [1.82, 2.24) is 4.57 Å². The summed E-state index contributed by atoms with van der Waals surface area (Å²) in [4.78, 5) is 29.0. The highest BCUT2D eigenvalue weighted by atomic mass is 16.7. The number of aromatic hydroxyl groups is 1. The minimum atomic E-state index is -0.494. The van der Waals surface area contributed by atoms with Gasteiger partial charge in [-0.2, -0.15) is 0 Å². The van der Waals surface area contributed by atoms with Gasteiger partial charge >= 0.3 is 5.97 Å². The molecule has 0 aliphatic carbocycles. The maximum Gasteiger partial charge on any atom is 0.331 e. The van der Waals surface area contributed by atoms with E-state index >= 15 is 0 Å². The first-order valence-electron chi connectivity index (χ1n) is 10.3. The molecule has 0 amide bonds. The van der Waals surface area contributed by atoms with E-state index in [4.69, 9.17) is 9.57 Å². The van der Waals surface area contributed by atoms with Crippen LogP contribution in [0.15, 0.2) is 59.8 Å². The van der Waals surface area contributed by atoms with Crippen molar-refractivity contribution in [3.63, 3.8) is 0 Å². The van der Waals surface area contributed by atoms with Crippen LogP contribution in [0.25, 0.3) is 21.8 Å². The molecule has 0 saturated heterocycles. The summed E-state index contributed by atoms with van der Waals surface area (Å²) in [5.74, 6) is 0.156. The Morgan fingerprint density at radius 3 is 2.50 bits per heavy atom. The van der Waals surface area contributed by atoms with Crippen molar-refractivity contribution in [3.05, 3.63) is 71.3 Å². The number of rotatable bonds is 4. The number of ketones is 1. The molecule has 0 saturated carbocycles. The number of fused-ring (bicyclic) bond motifs is 5. The van der Waals surface area contributed by atoms with Crippen LogP contribution in [0.2, 0.25) is 0 Å². The average Bonchev–Trinajstić information content (AvgIpc) is 3.35. The van der Waals surface area contributed by atoms with E-state index in [0.29, 0.717) is 22.6 Å². The van der Waals surface area contributed by atoms with Crippen LogP contribution in [0.3, 0.4) is 0 Å². The Labute approximate surface area is 183 Å². The lowest BCUT2D eigenvalue weighted by Gasteiger charge is -2.04. The lowest BCUT2D eigenvalue weighted by molar-refractivity contribution is -0.140. The van der Waals surface area contributed by atoms with Gasteiger partial charge in [0.15, 0.2) is 5.78 Å². The summed E-state index contributed by atoms with van der Waals surface area (Å²) < 4.78 is 8.14. The summed E-state index contributed by atoms with van der Waals surface area (Å²) in [6.45, 7) is 4.31. The molecule has 0 radical (unpaired) electrons. The fourth-order valence-electron chi connectivity index (χ4n) is 4.21. The number of phenols is 1. The summed E-state index contributed by atoms with van der Waals surface area (Å²) in [5, 5.41) is 15.2. The van der Waals surface area contributed by atoms with Crippen molar-refractivity contribution in [2.45, 2.75) is 20.4 Å². The summed E-state index contributed by atoms with van der Waals surface area (Å²) in [6.07, 6.45) is 0. The van der Waals surface area contributed by atoms with Crippen molar-refractivity contribution >= 4 is 39.3 Å². The van der Waals surface area contributed by atoms with Crippen molar-refractivity contribution in [2.24, 2.45) is 5.16 Å². The van der Waals surface area contributed by atoms with Gasteiger partial charge in [0.05, 0.1) is 10.9 Å². The first-order chi connectivity index (χ1) is 15.5. The monoisotopic (exact) mass is 428 g/mol. The second kappa shape index (κ2) is 7.53. The third-order valence-corrected chi connectivity index (χ3v) is 5.64. The summed E-state index contributed by atoms with van der Waals surface area (Å²) in [7, 11) is 0. The van der Waals surface area contributed by atoms with Gasteiger partial charge in [0, 0.05) is 41.1 Å². The molecule has 0 bridgehead atoms. The highest BCUT2D eigenvalue weighted by molar-refractivity contribution is 6.20. The Kier molecular flexibility index (Phi) is 4.66. The number of carbonyl (C=O) groups is 2. The molecule has 32 heavy (non-hydrogen) atoms. The van der Waals surface area contributed by atoms with E-state index in [1.54, 1.807) is 12.1 Å². The molecule has 1 N–H and O–H groups in total.